The number of urea groups is 1. The first-order valence-electron chi connectivity index (χ1n) is 9.43. The lowest BCUT2D eigenvalue weighted by Gasteiger charge is -2.30. The Morgan fingerprint density at radius 2 is 2.11 bits per heavy atom. The number of aromatic nitrogens is 2. The highest BCUT2D eigenvalue weighted by atomic mass is 16.3. The lowest BCUT2D eigenvalue weighted by atomic mass is 10.0. The maximum atomic E-state index is 12.8. The third-order valence-corrected chi connectivity index (χ3v) is 4.79. The molecule has 144 valence electrons. The minimum absolute atomic E-state index is 0.00636. The number of benzene rings is 1. The van der Waals surface area contributed by atoms with Crippen LogP contribution in [-0.4, -0.2) is 45.2 Å². The summed E-state index contributed by atoms with van der Waals surface area (Å²) in [5, 5.41) is 15.4. The zero-order valence-corrected chi connectivity index (χ0v) is 15.9. The van der Waals surface area contributed by atoms with Gasteiger partial charge in [-0.05, 0) is 30.9 Å². The molecular formula is C20H27N5O2. The zero-order valence-electron chi connectivity index (χ0n) is 15.9. The van der Waals surface area contributed by atoms with Gasteiger partial charge in [-0.3, -0.25) is 0 Å². The summed E-state index contributed by atoms with van der Waals surface area (Å²) in [7, 11) is 0. The van der Waals surface area contributed by atoms with E-state index in [9.17, 15) is 9.90 Å². The summed E-state index contributed by atoms with van der Waals surface area (Å²) in [5.41, 5.74) is 3.03. The third-order valence-electron chi connectivity index (χ3n) is 4.79. The Hall–Kier alpha value is -2.67. The number of hydrogen-bond acceptors (Lipinski definition) is 5. The first kappa shape index (κ1) is 19.1. The van der Waals surface area contributed by atoms with E-state index in [1.807, 2.05) is 43.5 Å². The Morgan fingerprint density at radius 3 is 2.81 bits per heavy atom. The monoisotopic (exact) mass is 369 g/mol. The van der Waals surface area contributed by atoms with Crippen molar-refractivity contribution in [1.82, 2.24) is 20.2 Å². The molecule has 2 atom stereocenters. The molecule has 1 aromatic heterocycles. The van der Waals surface area contributed by atoms with Crippen LogP contribution >= 0.6 is 0 Å². The average Bonchev–Trinajstić information content (AvgIpc) is 2.71. The summed E-state index contributed by atoms with van der Waals surface area (Å²) in [6.07, 6.45) is 3.37. The van der Waals surface area contributed by atoms with Crippen LogP contribution in [0.3, 0.4) is 0 Å². The van der Waals surface area contributed by atoms with Gasteiger partial charge in [-0.1, -0.05) is 37.3 Å². The molecule has 1 aliphatic heterocycles. The number of aliphatic hydroxyl groups excluding tert-OH is 1. The largest absolute Gasteiger partial charge is 0.394 e. The minimum Gasteiger partial charge on any atom is -0.394 e. The minimum atomic E-state index is -0.123. The second-order valence-electron chi connectivity index (χ2n) is 6.89. The number of fused-ring (bicyclic) bond motifs is 1. The molecule has 27 heavy (non-hydrogen) atoms. The van der Waals surface area contributed by atoms with Crippen molar-refractivity contribution in [3.05, 3.63) is 53.3 Å². The fraction of sp³-hybridized carbons (Fsp3) is 0.450. The van der Waals surface area contributed by atoms with Gasteiger partial charge in [0.25, 0.3) is 0 Å². The molecule has 3 N–H and O–H groups in total. The number of rotatable bonds is 6. The van der Waals surface area contributed by atoms with Crippen molar-refractivity contribution in [3.8, 4) is 0 Å². The van der Waals surface area contributed by atoms with Crippen LogP contribution in [0.4, 0.5) is 10.7 Å². The number of carbonyl (C=O) groups excluding carboxylic acids is 1. The van der Waals surface area contributed by atoms with Crippen molar-refractivity contribution in [2.45, 2.75) is 45.3 Å². The average molecular weight is 369 g/mol. The number of nitrogens with one attached hydrogen (secondary N) is 2. The quantitative estimate of drug-likeness (QED) is 0.728. The number of hydrogen-bond donors (Lipinski definition) is 3. The molecule has 3 rings (SSSR count). The summed E-state index contributed by atoms with van der Waals surface area (Å²) < 4.78 is 0. The van der Waals surface area contributed by atoms with Gasteiger partial charge in [0, 0.05) is 18.8 Å². The number of nitrogens with zero attached hydrogens (tertiary/aromatic N) is 3. The first-order chi connectivity index (χ1) is 13.1. The molecule has 0 radical (unpaired) electrons. The molecule has 0 bridgehead atoms. The van der Waals surface area contributed by atoms with Gasteiger partial charge in [-0.2, -0.15) is 0 Å². The van der Waals surface area contributed by atoms with Crippen molar-refractivity contribution >= 4 is 12.0 Å². The molecule has 0 saturated carbocycles. The molecule has 2 heterocycles. The molecule has 7 heteroatoms. The van der Waals surface area contributed by atoms with Crippen LogP contribution in [0.15, 0.2) is 36.5 Å². The second kappa shape index (κ2) is 8.81. The maximum Gasteiger partial charge on any atom is 0.318 e. The Balaban J connectivity index is 1.67. The van der Waals surface area contributed by atoms with E-state index < -0.39 is 0 Å². The van der Waals surface area contributed by atoms with E-state index in [-0.39, 0.29) is 24.7 Å². The molecule has 0 saturated heterocycles. The zero-order chi connectivity index (χ0) is 19.2. The van der Waals surface area contributed by atoms with Crippen molar-refractivity contribution in [2.24, 2.45) is 0 Å². The fourth-order valence-corrected chi connectivity index (χ4v) is 3.16. The number of aliphatic hydroxyl groups is 1. The van der Waals surface area contributed by atoms with Crippen LogP contribution in [0.25, 0.3) is 0 Å². The molecule has 2 amide bonds. The van der Waals surface area contributed by atoms with Crippen LogP contribution in [-0.2, 0) is 13.0 Å². The van der Waals surface area contributed by atoms with Crippen LogP contribution in [0, 0.1) is 0 Å². The van der Waals surface area contributed by atoms with Crippen LogP contribution in [0.1, 0.15) is 43.1 Å². The molecule has 0 aliphatic carbocycles. The lowest BCUT2D eigenvalue weighted by molar-refractivity contribution is 0.187. The van der Waals surface area contributed by atoms with Crippen LogP contribution in [0.2, 0.25) is 0 Å². The maximum absolute atomic E-state index is 12.8. The van der Waals surface area contributed by atoms with Gasteiger partial charge in [0.05, 0.1) is 24.9 Å². The second-order valence-corrected chi connectivity index (χ2v) is 6.89. The van der Waals surface area contributed by atoms with Crippen molar-refractivity contribution in [1.29, 1.82) is 0 Å². The highest BCUT2D eigenvalue weighted by Crippen LogP contribution is 2.20. The Labute approximate surface area is 159 Å². The predicted molar refractivity (Wildman–Crippen MR) is 104 cm³/mol. The molecule has 0 spiro atoms. The van der Waals surface area contributed by atoms with Crippen molar-refractivity contribution in [3.63, 3.8) is 0 Å². The highest BCUT2D eigenvalue weighted by Gasteiger charge is 2.24. The molecule has 0 unspecified atom stereocenters. The fourth-order valence-electron chi connectivity index (χ4n) is 3.16. The normalized spacial score (nSPS) is 15.6. The van der Waals surface area contributed by atoms with E-state index in [0.717, 1.165) is 29.7 Å². The topological polar surface area (TPSA) is 90.4 Å². The van der Waals surface area contributed by atoms with Gasteiger partial charge in [-0.15, -0.1) is 0 Å². The summed E-state index contributed by atoms with van der Waals surface area (Å²) in [5.74, 6) is 0.480. The number of amides is 2. The third kappa shape index (κ3) is 4.74. The van der Waals surface area contributed by atoms with E-state index in [1.165, 1.54) is 0 Å². The highest BCUT2D eigenvalue weighted by molar-refractivity contribution is 5.75. The van der Waals surface area contributed by atoms with Gasteiger partial charge in [-0.25, -0.2) is 14.8 Å². The van der Waals surface area contributed by atoms with Crippen LogP contribution in [0.5, 0.6) is 0 Å². The standard InChI is InChI=1S/C20H27N5O2/c1-3-17(15-7-5-4-6-8-15)24-20(27)25-10-9-16-11-21-19(22-14(2)13-26)23-18(16)12-25/h4-8,11,14,17,26H,3,9-10,12-13H2,1-2H3,(H,24,27)(H,21,22,23)/t14-,17+/m0/s1. The van der Waals surface area contributed by atoms with E-state index in [2.05, 4.69) is 27.5 Å². The summed E-state index contributed by atoms with van der Waals surface area (Å²) in [6.45, 7) is 5.03. The Bertz CT molecular complexity index is 768. The lowest BCUT2D eigenvalue weighted by Crippen LogP contribution is -2.44. The molecule has 1 aliphatic rings. The van der Waals surface area contributed by atoms with E-state index in [1.54, 1.807) is 4.90 Å². The summed E-state index contributed by atoms with van der Waals surface area (Å²) in [4.78, 5) is 23.4. The van der Waals surface area contributed by atoms with Crippen molar-refractivity contribution in [2.75, 3.05) is 18.5 Å². The predicted octanol–water partition coefficient (Wildman–Crippen LogP) is 2.49. The molecule has 7 nitrogen and oxygen atoms in total. The molecule has 0 fully saturated rings. The van der Waals surface area contributed by atoms with E-state index in [4.69, 9.17) is 0 Å². The van der Waals surface area contributed by atoms with Gasteiger partial charge < -0.3 is 20.6 Å². The van der Waals surface area contributed by atoms with Crippen molar-refractivity contribution < 1.29 is 9.90 Å². The van der Waals surface area contributed by atoms with Gasteiger partial charge >= 0.3 is 6.03 Å². The summed E-state index contributed by atoms with van der Waals surface area (Å²) >= 11 is 0. The van der Waals surface area contributed by atoms with Gasteiger partial charge in [0.15, 0.2) is 0 Å². The Morgan fingerprint density at radius 1 is 1.33 bits per heavy atom. The first-order valence-corrected chi connectivity index (χ1v) is 9.43. The summed E-state index contributed by atoms with van der Waals surface area (Å²) in [6, 6.07) is 9.81. The number of carbonyl (C=O) groups is 1. The Kier molecular flexibility index (Phi) is 6.24. The molecule has 2 aromatic rings. The molecule has 1 aromatic carbocycles. The SMILES string of the molecule is CC[C@@H](NC(=O)N1CCc2cnc(N[C@@H](C)CO)nc2C1)c1ccccc1. The number of anilines is 1. The van der Waals surface area contributed by atoms with Gasteiger partial charge in [0.1, 0.15) is 0 Å². The van der Waals surface area contributed by atoms with E-state index in [0.29, 0.717) is 19.0 Å². The van der Waals surface area contributed by atoms with Crippen LogP contribution < -0.4 is 10.6 Å². The smallest absolute Gasteiger partial charge is 0.318 e. The van der Waals surface area contributed by atoms with Gasteiger partial charge in [0.2, 0.25) is 5.95 Å². The van der Waals surface area contributed by atoms with E-state index >= 15 is 0 Å². The molecular weight excluding hydrogens is 342 g/mol.